The molecule has 1 saturated carbocycles. The van der Waals surface area contributed by atoms with E-state index in [-0.39, 0.29) is 17.1 Å². The third-order valence-electron chi connectivity index (χ3n) is 4.29. The van der Waals surface area contributed by atoms with Gasteiger partial charge in [-0.25, -0.2) is 0 Å². The highest BCUT2D eigenvalue weighted by Gasteiger charge is 2.53. The summed E-state index contributed by atoms with van der Waals surface area (Å²) in [6.45, 7) is 0. The first-order valence-electron chi connectivity index (χ1n) is 8.39. The fourth-order valence-corrected chi connectivity index (χ4v) is 4.71. The van der Waals surface area contributed by atoms with Crippen molar-refractivity contribution in [3.8, 4) is 5.75 Å². The van der Waals surface area contributed by atoms with Gasteiger partial charge in [0.15, 0.2) is 5.75 Å². The lowest BCUT2D eigenvalue weighted by Gasteiger charge is -2.33. The van der Waals surface area contributed by atoms with Crippen molar-refractivity contribution in [3.05, 3.63) is 24.3 Å². The van der Waals surface area contributed by atoms with Crippen LogP contribution >= 0.6 is 0 Å². The van der Waals surface area contributed by atoms with Crippen LogP contribution in [0.2, 0.25) is 0 Å². The van der Waals surface area contributed by atoms with E-state index in [1.54, 1.807) is 0 Å². The number of alkyl halides is 6. The second-order valence-corrected chi connectivity index (χ2v) is 9.69. The van der Waals surface area contributed by atoms with Gasteiger partial charge in [0.2, 0.25) is 0 Å². The summed E-state index contributed by atoms with van der Waals surface area (Å²) >= 11 is 0. The van der Waals surface area contributed by atoms with Crippen LogP contribution in [-0.2, 0) is 20.1 Å². The fourth-order valence-electron chi connectivity index (χ4n) is 3.00. The average molecular weight is 469 g/mol. The quantitative estimate of drug-likeness (QED) is 0.278. The molecule has 0 radical (unpaired) electrons. The second-order valence-electron chi connectivity index (χ2n) is 6.34. The molecular formula is C15H17F6NO5S2. The molecule has 0 unspecified atom stereocenters. The molecule has 1 fully saturated rings. The van der Waals surface area contributed by atoms with Crippen molar-refractivity contribution in [3.63, 3.8) is 0 Å². The van der Waals surface area contributed by atoms with E-state index in [4.69, 9.17) is 0 Å². The zero-order chi connectivity index (χ0) is 22.1. The van der Waals surface area contributed by atoms with E-state index in [2.05, 4.69) is 4.18 Å². The van der Waals surface area contributed by atoms with Gasteiger partial charge in [-0.2, -0.15) is 43.2 Å². The third kappa shape index (κ3) is 5.08. The minimum atomic E-state index is -6.23. The Morgan fingerprint density at radius 1 is 0.828 bits per heavy atom. The Morgan fingerprint density at radius 3 is 1.83 bits per heavy atom. The summed E-state index contributed by atoms with van der Waals surface area (Å²) < 4.78 is 129. The van der Waals surface area contributed by atoms with Gasteiger partial charge < -0.3 is 4.18 Å². The second kappa shape index (κ2) is 8.20. The molecule has 0 N–H and O–H groups in total. The predicted molar refractivity (Wildman–Crippen MR) is 91.0 cm³/mol. The van der Waals surface area contributed by atoms with Crippen LogP contribution in [0.1, 0.15) is 38.5 Å². The van der Waals surface area contributed by atoms with Crippen LogP contribution < -0.4 is 8.49 Å². The SMILES string of the molecule is O=S(=O)(Oc1ccccc1N(C1CCCCCC1)S(=O)(=O)C(F)(F)F)C(F)(F)F. The first-order valence-corrected chi connectivity index (χ1v) is 11.2. The highest BCUT2D eigenvalue weighted by Crippen LogP contribution is 2.41. The van der Waals surface area contributed by atoms with Crippen LogP contribution in [0.5, 0.6) is 5.75 Å². The Morgan fingerprint density at radius 2 is 1.34 bits per heavy atom. The average Bonchev–Trinajstić information content (AvgIpc) is 2.83. The lowest BCUT2D eigenvalue weighted by molar-refractivity contribution is -0.0501. The summed E-state index contributed by atoms with van der Waals surface area (Å²) in [5.74, 6) is -1.16. The first-order chi connectivity index (χ1) is 13.2. The monoisotopic (exact) mass is 469 g/mol. The zero-order valence-corrected chi connectivity index (χ0v) is 16.3. The zero-order valence-electron chi connectivity index (χ0n) is 14.7. The summed E-state index contributed by atoms with van der Waals surface area (Å²) in [5.41, 5.74) is -12.5. The van der Waals surface area contributed by atoms with E-state index in [0.717, 1.165) is 18.2 Å². The van der Waals surface area contributed by atoms with Gasteiger partial charge in [0.05, 0.1) is 5.69 Å². The Kier molecular flexibility index (Phi) is 6.67. The minimum absolute atomic E-state index is 0.0235. The predicted octanol–water partition coefficient (Wildman–Crippen LogP) is 4.29. The molecule has 0 bridgehead atoms. The molecule has 0 saturated heterocycles. The molecule has 1 aliphatic carbocycles. The maximum atomic E-state index is 13.3. The largest absolute Gasteiger partial charge is 0.534 e. The molecule has 14 heteroatoms. The number of hydrogen-bond donors (Lipinski definition) is 0. The summed E-state index contributed by atoms with van der Waals surface area (Å²) in [7, 11) is -12.3. The summed E-state index contributed by atoms with van der Waals surface area (Å²) in [6.07, 6.45) is 2.15. The van der Waals surface area contributed by atoms with E-state index < -0.39 is 48.6 Å². The Labute approximate surface area is 163 Å². The lowest BCUT2D eigenvalue weighted by atomic mass is 10.1. The molecular weight excluding hydrogens is 452 g/mol. The van der Waals surface area contributed by atoms with Gasteiger partial charge in [-0.05, 0) is 25.0 Å². The van der Waals surface area contributed by atoms with Crippen molar-refractivity contribution in [2.75, 3.05) is 4.31 Å². The number of para-hydroxylation sites is 2. The minimum Gasteiger partial charge on any atom is -0.374 e. The summed E-state index contributed by atoms with van der Waals surface area (Å²) in [4.78, 5) is 0. The standard InChI is InChI=1S/C15H17F6NO5S2/c16-14(17,18)28(23,24)22(11-7-3-1-2-4-8-11)12-9-5-6-10-13(12)27-29(25,26)15(19,20)21/h5-6,9-11H,1-4,7-8H2. The molecule has 0 heterocycles. The molecule has 0 amide bonds. The number of anilines is 1. The fraction of sp³-hybridized carbons (Fsp3) is 0.600. The molecule has 2 rings (SSSR count). The molecule has 0 spiro atoms. The lowest BCUT2D eigenvalue weighted by Crippen LogP contribution is -2.47. The maximum Gasteiger partial charge on any atom is 0.534 e. The molecule has 1 aliphatic rings. The van der Waals surface area contributed by atoms with Crippen LogP contribution in [0.15, 0.2) is 24.3 Å². The van der Waals surface area contributed by atoms with Gasteiger partial charge in [-0.1, -0.05) is 37.8 Å². The first kappa shape index (κ1) is 23.6. The number of sulfonamides is 1. The van der Waals surface area contributed by atoms with Crippen molar-refractivity contribution >= 4 is 25.8 Å². The van der Waals surface area contributed by atoms with E-state index in [9.17, 15) is 43.2 Å². The number of hydrogen-bond acceptors (Lipinski definition) is 5. The van der Waals surface area contributed by atoms with Crippen LogP contribution in [-0.4, -0.2) is 33.9 Å². The summed E-state index contributed by atoms with van der Waals surface area (Å²) in [5, 5.41) is 0. The maximum absolute atomic E-state index is 13.3. The normalized spacial score (nSPS) is 17.6. The Bertz CT molecular complexity index is 919. The molecule has 0 aliphatic heterocycles. The molecule has 0 atom stereocenters. The van der Waals surface area contributed by atoms with Gasteiger partial charge in [0.1, 0.15) is 0 Å². The van der Waals surface area contributed by atoms with Gasteiger partial charge in [0.25, 0.3) is 0 Å². The number of nitrogens with zero attached hydrogens (tertiary/aromatic N) is 1. The topological polar surface area (TPSA) is 80.8 Å². The number of halogens is 6. The Balaban J connectivity index is 2.63. The molecule has 0 aromatic heterocycles. The van der Waals surface area contributed by atoms with Gasteiger partial charge in [0, 0.05) is 6.04 Å². The van der Waals surface area contributed by atoms with Crippen LogP contribution in [0.25, 0.3) is 0 Å². The van der Waals surface area contributed by atoms with Crippen LogP contribution in [0, 0.1) is 0 Å². The van der Waals surface area contributed by atoms with Crippen molar-refractivity contribution < 1.29 is 47.4 Å². The summed E-state index contributed by atoms with van der Waals surface area (Å²) in [6, 6.07) is 2.29. The van der Waals surface area contributed by atoms with Crippen molar-refractivity contribution in [1.29, 1.82) is 0 Å². The van der Waals surface area contributed by atoms with Gasteiger partial charge in [-0.3, -0.25) is 4.31 Å². The highest BCUT2D eigenvalue weighted by atomic mass is 32.2. The van der Waals surface area contributed by atoms with E-state index in [1.165, 1.54) is 0 Å². The molecule has 1 aromatic rings. The number of benzene rings is 1. The Hall–Kier alpha value is -1.70. The van der Waals surface area contributed by atoms with Crippen LogP contribution in [0.3, 0.4) is 0 Å². The van der Waals surface area contributed by atoms with Crippen molar-refractivity contribution in [1.82, 2.24) is 0 Å². The van der Waals surface area contributed by atoms with Crippen molar-refractivity contribution in [2.24, 2.45) is 0 Å². The van der Waals surface area contributed by atoms with Gasteiger partial charge >= 0.3 is 31.2 Å². The third-order valence-corrected chi connectivity index (χ3v) is 6.86. The molecule has 6 nitrogen and oxygen atoms in total. The molecule has 1 aromatic carbocycles. The number of rotatable bonds is 5. The molecule has 29 heavy (non-hydrogen) atoms. The smallest absolute Gasteiger partial charge is 0.374 e. The van der Waals surface area contributed by atoms with E-state index in [1.807, 2.05) is 0 Å². The van der Waals surface area contributed by atoms with E-state index >= 15 is 0 Å². The van der Waals surface area contributed by atoms with E-state index in [0.29, 0.717) is 31.7 Å². The van der Waals surface area contributed by atoms with Crippen LogP contribution in [0.4, 0.5) is 32.0 Å². The highest BCUT2D eigenvalue weighted by molar-refractivity contribution is 7.93. The molecule has 166 valence electrons. The van der Waals surface area contributed by atoms with Gasteiger partial charge in [-0.15, -0.1) is 0 Å². The van der Waals surface area contributed by atoms with Crippen molar-refractivity contribution in [2.45, 2.75) is 55.6 Å².